The van der Waals surface area contributed by atoms with Gasteiger partial charge in [-0.3, -0.25) is 0 Å². The largest absolute Gasteiger partial charge is 0.377 e. The maximum atomic E-state index is 12.2. The summed E-state index contributed by atoms with van der Waals surface area (Å²) < 4.78 is 34.3. The van der Waals surface area contributed by atoms with Gasteiger partial charge in [-0.2, -0.15) is 0 Å². The second kappa shape index (κ2) is 9.77. The summed E-state index contributed by atoms with van der Waals surface area (Å²) in [6, 6.07) is 8.37. The lowest BCUT2D eigenvalue weighted by molar-refractivity contribution is 0.0985. The van der Waals surface area contributed by atoms with Crippen LogP contribution in [0.3, 0.4) is 0 Å². The van der Waals surface area contributed by atoms with E-state index in [1.165, 1.54) is 12.5 Å². The number of urea groups is 1. The Kier molecular flexibility index (Phi) is 6.80. The third-order valence-electron chi connectivity index (χ3n) is 5.24. The highest BCUT2D eigenvalue weighted by Gasteiger charge is 2.22. The first-order chi connectivity index (χ1) is 16.2. The molecule has 1 fully saturated rings. The van der Waals surface area contributed by atoms with Crippen molar-refractivity contribution >= 4 is 33.1 Å². The fraction of sp³-hybridized carbons (Fsp3) is 0.364. The second-order valence-corrected chi connectivity index (χ2v) is 10.3. The van der Waals surface area contributed by atoms with E-state index in [4.69, 9.17) is 14.2 Å². The van der Waals surface area contributed by atoms with Gasteiger partial charge >= 0.3 is 6.03 Å². The number of anilines is 3. The van der Waals surface area contributed by atoms with Crippen LogP contribution in [0.1, 0.15) is 18.4 Å². The first kappa shape index (κ1) is 23.6. The number of benzene rings is 1. The predicted octanol–water partition coefficient (Wildman–Crippen LogP) is 2.85. The number of ether oxygens (including phenoxy) is 1. The summed E-state index contributed by atoms with van der Waals surface area (Å²) in [5.74, 6) is 1.38. The molecule has 3 aromatic rings. The fourth-order valence-electron chi connectivity index (χ4n) is 3.58. The molecule has 180 valence electrons. The number of nitrogens with zero attached hydrogens (tertiary/aromatic N) is 4. The van der Waals surface area contributed by atoms with Gasteiger partial charge < -0.3 is 24.8 Å². The summed E-state index contributed by atoms with van der Waals surface area (Å²) in [5.41, 5.74) is 2.16. The predicted molar refractivity (Wildman–Crippen MR) is 128 cm³/mol. The van der Waals surface area contributed by atoms with Crippen LogP contribution >= 0.6 is 0 Å². The van der Waals surface area contributed by atoms with Crippen LogP contribution < -0.4 is 15.5 Å². The minimum atomic E-state index is -3.28. The van der Waals surface area contributed by atoms with Crippen molar-refractivity contribution in [1.82, 2.24) is 15.1 Å². The van der Waals surface area contributed by atoms with Gasteiger partial charge in [-0.1, -0.05) is 5.16 Å². The summed E-state index contributed by atoms with van der Waals surface area (Å²) in [6.45, 7) is 5.52. The van der Waals surface area contributed by atoms with Crippen molar-refractivity contribution < 1.29 is 22.5 Å². The molecule has 2 aromatic heterocycles. The molecule has 11 nitrogen and oxygen atoms in total. The smallest absolute Gasteiger partial charge is 0.323 e. The number of nitrogens with one attached hydrogen (secondary N) is 2. The molecular weight excluding hydrogens is 460 g/mol. The number of hydrogen-bond donors (Lipinski definition) is 2. The normalized spacial score (nSPS) is 16.3. The van der Waals surface area contributed by atoms with Crippen molar-refractivity contribution in [2.75, 3.05) is 41.5 Å². The van der Waals surface area contributed by atoms with Gasteiger partial charge in [0, 0.05) is 30.1 Å². The molecule has 34 heavy (non-hydrogen) atoms. The van der Waals surface area contributed by atoms with Gasteiger partial charge in [0.1, 0.15) is 11.5 Å². The van der Waals surface area contributed by atoms with Gasteiger partial charge in [0.15, 0.2) is 21.4 Å². The number of carbonyl (C=O) groups excluding carboxylic acids is 1. The molecule has 0 spiro atoms. The lowest BCUT2D eigenvalue weighted by Gasteiger charge is -2.34. The minimum absolute atomic E-state index is 0.0988. The summed E-state index contributed by atoms with van der Waals surface area (Å²) in [4.78, 5) is 23.5. The van der Waals surface area contributed by atoms with Gasteiger partial charge in [0.05, 0.1) is 36.9 Å². The lowest BCUT2D eigenvalue weighted by Crippen LogP contribution is -2.44. The van der Waals surface area contributed by atoms with Crippen LogP contribution in [0.5, 0.6) is 0 Å². The average Bonchev–Trinajstić information content (AvgIpc) is 3.17. The van der Waals surface area contributed by atoms with Crippen molar-refractivity contribution in [3.05, 3.63) is 48.0 Å². The highest BCUT2D eigenvalue weighted by Crippen LogP contribution is 2.25. The van der Waals surface area contributed by atoms with Crippen molar-refractivity contribution in [3.63, 3.8) is 0 Å². The highest BCUT2D eigenvalue weighted by molar-refractivity contribution is 7.89. The lowest BCUT2D eigenvalue weighted by atomic mass is 10.2. The standard InChI is InChI=1S/C22H26N6O5S/c1-14-12-32-9-8-28(14)20-10-18(13-34(3,30)31)24-21(27-20)16-4-6-17(7-5-16)25-22(29)26-19-11-23-33-15(19)2/h4-7,10-11,14H,8-9,12-13H2,1-3H3,(H2,25,26,29)/t14-/m0/s1. The first-order valence-corrected chi connectivity index (χ1v) is 12.7. The van der Waals surface area contributed by atoms with Crippen LogP contribution in [0.2, 0.25) is 0 Å². The summed E-state index contributed by atoms with van der Waals surface area (Å²) >= 11 is 0. The number of morpholine rings is 1. The molecule has 0 unspecified atom stereocenters. The maximum Gasteiger partial charge on any atom is 0.323 e. The van der Waals surface area contributed by atoms with E-state index in [0.717, 1.165) is 0 Å². The van der Waals surface area contributed by atoms with Crippen molar-refractivity contribution in [2.45, 2.75) is 25.6 Å². The van der Waals surface area contributed by atoms with Gasteiger partial charge in [-0.15, -0.1) is 0 Å². The Morgan fingerprint density at radius 1 is 1.21 bits per heavy atom. The first-order valence-electron chi connectivity index (χ1n) is 10.7. The molecule has 0 radical (unpaired) electrons. The molecule has 1 atom stereocenters. The second-order valence-electron chi connectivity index (χ2n) is 8.18. The van der Waals surface area contributed by atoms with Gasteiger partial charge in [-0.05, 0) is 38.1 Å². The topological polar surface area (TPSA) is 140 Å². The minimum Gasteiger partial charge on any atom is -0.377 e. The summed E-state index contributed by atoms with van der Waals surface area (Å²) in [7, 11) is -3.28. The average molecular weight is 487 g/mol. The molecule has 1 aliphatic heterocycles. The zero-order valence-corrected chi connectivity index (χ0v) is 19.9. The fourth-order valence-corrected chi connectivity index (χ4v) is 4.26. The molecule has 1 aromatic carbocycles. The monoisotopic (exact) mass is 486 g/mol. The maximum absolute atomic E-state index is 12.2. The Bertz CT molecular complexity index is 1280. The molecule has 0 saturated carbocycles. The van der Waals surface area contributed by atoms with E-state index in [1.807, 2.05) is 6.92 Å². The number of amides is 2. The van der Waals surface area contributed by atoms with Gasteiger partial charge in [0.2, 0.25) is 0 Å². The molecular formula is C22H26N6O5S. The number of sulfone groups is 1. The third-order valence-corrected chi connectivity index (χ3v) is 6.06. The number of carbonyl (C=O) groups is 1. The summed E-state index contributed by atoms with van der Waals surface area (Å²) in [5, 5.41) is 9.02. The Labute approximate surface area is 197 Å². The van der Waals surface area contributed by atoms with Crippen LogP contribution in [0.4, 0.5) is 22.0 Å². The van der Waals surface area contributed by atoms with Crippen molar-refractivity contribution in [2.24, 2.45) is 0 Å². The summed E-state index contributed by atoms with van der Waals surface area (Å²) in [6.07, 6.45) is 2.60. The van der Waals surface area contributed by atoms with Crippen molar-refractivity contribution in [1.29, 1.82) is 0 Å². The van der Waals surface area contributed by atoms with Gasteiger partial charge in [-0.25, -0.2) is 23.2 Å². The molecule has 1 aliphatic rings. The third kappa shape index (κ3) is 5.88. The van der Waals surface area contributed by atoms with E-state index in [1.54, 1.807) is 37.3 Å². The number of hydrogen-bond acceptors (Lipinski definition) is 9. The van der Waals surface area contributed by atoms with Crippen LogP contribution in [0, 0.1) is 6.92 Å². The molecule has 0 aliphatic carbocycles. The molecule has 3 heterocycles. The molecule has 4 rings (SSSR count). The van der Waals surface area contributed by atoms with E-state index in [0.29, 0.717) is 59.8 Å². The van der Waals surface area contributed by atoms with E-state index < -0.39 is 15.9 Å². The zero-order valence-electron chi connectivity index (χ0n) is 19.1. The van der Waals surface area contributed by atoms with Crippen molar-refractivity contribution in [3.8, 4) is 11.4 Å². The Hall–Kier alpha value is -3.51. The molecule has 2 amide bonds. The van der Waals surface area contributed by atoms with Crippen LogP contribution in [0.25, 0.3) is 11.4 Å². The van der Waals surface area contributed by atoms with Crippen LogP contribution in [-0.4, -0.2) is 61.6 Å². The SMILES string of the molecule is Cc1oncc1NC(=O)Nc1ccc(-c2nc(CS(C)(=O)=O)cc(N3CCOC[C@@H]3C)n2)cc1. The van der Waals surface area contributed by atoms with Gasteiger partial charge in [0.25, 0.3) is 0 Å². The van der Waals surface area contributed by atoms with E-state index in [2.05, 4.69) is 25.7 Å². The van der Waals surface area contributed by atoms with E-state index in [-0.39, 0.29) is 11.8 Å². The highest BCUT2D eigenvalue weighted by atomic mass is 32.2. The van der Waals surface area contributed by atoms with E-state index in [9.17, 15) is 13.2 Å². The molecule has 12 heteroatoms. The number of aryl methyl sites for hydroxylation is 1. The Morgan fingerprint density at radius 2 is 1.97 bits per heavy atom. The van der Waals surface area contributed by atoms with Crippen LogP contribution in [-0.2, 0) is 20.3 Å². The molecule has 0 bridgehead atoms. The Balaban J connectivity index is 1.57. The number of rotatable bonds is 6. The zero-order chi connectivity index (χ0) is 24.3. The number of aromatic nitrogens is 3. The quantitative estimate of drug-likeness (QED) is 0.538. The van der Waals surface area contributed by atoms with Crippen LogP contribution in [0.15, 0.2) is 41.1 Å². The van der Waals surface area contributed by atoms with E-state index >= 15 is 0 Å². The molecule has 2 N–H and O–H groups in total. The molecule has 1 saturated heterocycles. The Morgan fingerprint density at radius 3 is 2.62 bits per heavy atom.